The number of amides is 1. The van der Waals surface area contributed by atoms with Crippen LogP contribution in [0.25, 0.3) is 0 Å². The van der Waals surface area contributed by atoms with Crippen molar-refractivity contribution in [3.8, 4) is 17.4 Å². The molecule has 2 heterocycles. The van der Waals surface area contributed by atoms with Crippen molar-refractivity contribution in [1.82, 2.24) is 15.1 Å². The molecule has 8 heteroatoms. The quantitative estimate of drug-likeness (QED) is 0.716. The van der Waals surface area contributed by atoms with Crippen LogP contribution in [0, 0.1) is 6.92 Å². The van der Waals surface area contributed by atoms with Crippen LogP contribution in [0.2, 0.25) is 5.15 Å². The molecule has 1 aliphatic heterocycles. The molecule has 154 valence electrons. The minimum atomic E-state index is -0.492. The summed E-state index contributed by atoms with van der Waals surface area (Å²) in [6.07, 6.45) is 1.67. The highest BCUT2D eigenvalue weighted by Gasteiger charge is 2.30. The lowest BCUT2D eigenvalue weighted by molar-refractivity contribution is -0.0593. The number of benzene rings is 1. The first kappa shape index (κ1) is 19.9. The Kier molecular flexibility index (Phi) is 5.61. The molecule has 1 aromatic heterocycles. The molecule has 1 aliphatic carbocycles. The summed E-state index contributed by atoms with van der Waals surface area (Å²) in [6, 6.07) is 7.51. The summed E-state index contributed by atoms with van der Waals surface area (Å²) in [5, 5.41) is 8.03. The molecule has 1 amide bonds. The Labute approximate surface area is 174 Å². The Morgan fingerprint density at radius 2 is 1.93 bits per heavy atom. The first-order valence-corrected chi connectivity index (χ1v) is 10.2. The summed E-state index contributed by atoms with van der Waals surface area (Å²) < 4.78 is 17.4. The number of rotatable bonds is 4. The van der Waals surface area contributed by atoms with Crippen LogP contribution < -0.4 is 9.47 Å². The van der Waals surface area contributed by atoms with Gasteiger partial charge in [-0.15, -0.1) is 10.2 Å². The maximum absolute atomic E-state index is 12.7. The van der Waals surface area contributed by atoms with Gasteiger partial charge in [-0.1, -0.05) is 29.8 Å². The fourth-order valence-corrected chi connectivity index (χ4v) is 3.73. The molecule has 2 fully saturated rings. The van der Waals surface area contributed by atoms with Gasteiger partial charge in [0.2, 0.25) is 0 Å². The Balaban J connectivity index is 1.58. The van der Waals surface area contributed by atoms with Gasteiger partial charge in [-0.2, -0.15) is 0 Å². The van der Waals surface area contributed by atoms with Crippen molar-refractivity contribution in [1.29, 1.82) is 0 Å². The van der Waals surface area contributed by atoms with Crippen molar-refractivity contribution in [2.45, 2.75) is 51.7 Å². The molecule has 0 radical (unpaired) electrons. The number of aromatic nitrogens is 2. The van der Waals surface area contributed by atoms with E-state index in [0.717, 1.165) is 29.7 Å². The summed E-state index contributed by atoms with van der Waals surface area (Å²) in [4.78, 5) is 14.3. The van der Waals surface area contributed by atoms with E-state index < -0.39 is 6.09 Å². The first-order chi connectivity index (χ1) is 13.9. The molecule has 0 spiro atoms. The number of halogens is 1. The second kappa shape index (κ2) is 8.16. The molecular formula is C21H24ClN3O4. The third-order valence-electron chi connectivity index (χ3n) is 5.03. The average molecular weight is 418 g/mol. The van der Waals surface area contributed by atoms with Crippen molar-refractivity contribution in [2.75, 3.05) is 13.1 Å². The number of carbonyl (C=O) groups excluding carboxylic acids is 1. The Morgan fingerprint density at radius 3 is 2.62 bits per heavy atom. The fraction of sp³-hybridized carbons (Fsp3) is 0.476. The predicted molar refractivity (Wildman–Crippen MR) is 108 cm³/mol. The van der Waals surface area contributed by atoms with Gasteiger partial charge in [0.15, 0.2) is 10.9 Å². The van der Waals surface area contributed by atoms with Gasteiger partial charge >= 0.3 is 6.09 Å². The second-order valence-corrected chi connectivity index (χ2v) is 8.12. The zero-order valence-corrected chi connectivity index (χ0v) is 17.5. The SMILES string of the molecule is Cc1cccc(C2CC2)c1Oc1nnc(Cl)cc1OC(=O)N1CC(C)OC(C)C1. The van der Waals surface area contributed by atoms with E-state index in [9.17, 15) is 4.79 Å². The van der Waals surface area contributed by atoms with Crippen molar-refractivity contribution in [3.05, 3.63) is 40.5 Å². The summed E-state index contributed by atoms with van der Waals surface area (Å²) in [7, 11) is 0. The van der Waals surface area contributed by atoms with Gasteiger partial charge < -0.3 is 19.1 Å². The van der Waals surface area contributed by atoms with Gasteiger partial charge in [-0.25, -0.2) is 4.79 Å². The number of aryl methyl sites for hydroxylation is 1. The highest BCUT2D eigenvalue weighted by molar-refractivity contribution is 6.29. The van der Waals surface area contributed by atoms with E-state index in [1.54, 1.807) is 4.90 Å². The van der Waals surface area contributed by atoms with Crippen LogP contribution in [0.5, 0.6) is 17.4 Å². The molecule has 0 bridgehead atoms. The van der Waals surface area contributed by atoms with Gasteiger partial charge in [0.05, 0.1) is 25.3 Å². The van der Waals surface area contributed by atoms with E-state index in [4.69, 9.17) is 25.8 Å². The number of morpholine rings is 1. The highest BCUT2D eigenvalue weighted by Crippen LogP contribution is 2.46. The average Bonchev–Trinajstić information content (AvgIpc) is 3.49. The number of ether oxygens (including phenoxy) is 3. The van der Waals surface area contributed by atoms with Crippen LogP contribution in [-0.2, 0) is 4.74 Å². The molecule has 2 unspecified atom stereocenters. The molecule has 4 rings (SSSR count). The van der Waals surface area contributed by atoms with Crippen LogP contribution in [0.1, 0.15) is 43.7 Å². The number of hydrogen-bond donors (Lipinski definition) is 0. The molecular weight excluding hydrogens is 394 g/mol. The van der Waals surface area contributed by atoms with E-state index in [-0.39, 0.29) is 29.0 Å². The molecule has 2 atom stereocenters. The minimum absolute atomic E-state index is 0.0609. The smallest absolute Gasteiger partial charge is 0.415 e. The Hall–Kier alpha value is -2.38. The van der Waals surface area contributed by atoms with Gasteiger partial charge in [0, 0.05) is 6.07 Å². The lowest BCUT2D eigenvalue weighted by Crippen LogP contribution is -2.49. The number of nitrogens with zero attached hydrogens (tertiary/aromatic N) is 3. The lowest BCUT2D eigenvalue weighted by Gasteiger charge is -2.34. The van der Waals surface area contributed by atoms with Crippen LogP contribution in [0.4, 0.5) is 4.79 Å². The Morgan fingerprint density at radius 1 is 1.21 bits per heavy atom. The third kappa shape index (κ3) is 4.62. The van der Waals surface area contributed by atoms with Crippen LogP contribution in [0.3, 0.4) is 0 Å². The summed E-state index contributed by atoms with van der Waals surface area (Å²) in [6.45, 7) is 6.73. The number of para-hydroxylation sites is 1. The normalized spacial score (nSPS) is 21.7. The molecule has 29 heavy (non-hydrogen) atoms. The molecule has 1 aromatic carbocycles. The van der Waals surface area contributed by atoms with Crippen molar-refractivity contribution in [2.24, 2.45) is 0 Å². The van der Waals surface area contributed by atoms with E-state index >= 15 is 0 Å². The fourth-order valence-electron chi connectivity index (χ4n) is 3.60. The standard InChI is InChI=1S/C21H24ClN3O4/c1-12-5-4-6-16(15-7-8-15)19(12)29-20-17(9-18(22)23-24-20)28-21(26)25-10-13(2)27-14(3)11-25/h4-6,9,13-15H,7-8,10-11H2,1-3H3. The van der Waals surface area contributed by atoms with Crippen LogP contribution in [0.15, 0.2) is 24.3 Å². The summed E-state index contributed by atoms with van der Waals surface area (Å²) >= 11 is 6.00. The van der Waals surface area contributed by atoms with Crippen molar-refractivity contribution >= 4 is 17.7 Å². The van der Waals surface area contributed by atoms with E-state index in [1.165, 1.54) is 6.07 Å². The zero-order valence-electron chi connectivity index (χ0n) is 16.7. The summed E-state index contributed by atoms with van der Waals surface area (Å²) in [5.41, 5.74) is 2.12. The van der Waals surface area contributed by atoms with Gasteiger partial charge in [-0.3, -0.25) is 0 Å². The zero-order chi connectivity index (χ0) is 20.5. The topological polar surface area (TPSA) is 73.8 Å². The summed E-state index contributed by atoms with van der Waals surface area (Å²) in [5.74, 6) is 1.49. The van der Waals surface area contributed by atoms with Crippen molar-refractivity contribution in [3.63, 3.8) is 0 Å². The monoisotopic (exact) mass is 417 g/mol. The third-order valence-corrected chi connectivity index (χ3v) is 5.22. The molecule has 7 nitrogen and oxygen atoms in total. The maximum Gasteiger partial charge on any atom is 0.415 e. The molecule has 2 aliphatic rings. The van der Waals surface area contributed by atoms with E-state index in [2.05, 4.69) is 16.3 Å². The van der Waals surface area contributed by atoms with Gasteiger partial charge in [0.25, 0.3) is 5.88 Å². The largest absolute Gasteiger partial charge is 0.434 e. The lowest BCUT2D eigenvalue weighted by atomic mass is 10.1. The van der Waals surface area contributed by atoms with Crippen molar-refractivity contribution < 1.29 is 19.0 Å². The minimum Gasteiger partial charge on any atom is -0.434 e. The Bertz CT molecular complexity index is 909. The molecule has 1 saturated carbocycles. The predicted octanol–water partition coefficient (Wildman–Crippen LogP) is 4.72. The van der Waals surface area contributed by atoms with E-state index in [0.29, 0.717) is 19.0 Å². The highest BCUT2D eigenvalue weighted by atomic mass is 35.5. The maximum atomic E-state index is 12.7. The number of carbonyl (C=O) groups is 1. The van der Waals surface area contributed by atoms with Gasteiger partial charge in [0.1, 0.15) is 5.75 Å². The second-order valence-electron chi connectivity index (χ2n) is 7.74. The van der Waals surface area contributed by atoms with Gasteiger partial charge in [-0.05, 0) is 50.7 Å². The van der Waals surface area contributed by atoms with Crippen LogP contribution >= 0.6 is 11.6 Å². The molecule has 1 saturated heterocycles. The molecule has 0 N–H and O–H groups in total. The van der Waals surface area contributed by atoms with Crippen LogP contribution in [-0.4, -0.2) is 46.5 Å². The number of hydrogen-bond acceptors (Lipinski definition) is 6. The first-order valence-electron chi connectivity index (χ1n) is 9.83. The van der Waals surface area contributed by atoms with E-state index in [1.807, 2.05) is 32.9 Å². The molecule has 2 aromatic rings.